The van der Waals surface area contributed by atoms with E-state index in [-0.39, 0.29) is 5.91 Å². The Bertz CT molecular complexity index is 213. The molecule has 0 aromatic rings. The lowest BCUT2D eigenvalue weighted by Crippen LogP contribution is -2.32. The summed E-state index contributed by atoms with van der Waals surface area (Å²) >= 11 is 1.78. The standard InChI is InChI=1S/C10H18N2O2S/c13-10(12-6-1-7-14-12)8-15-9-2-4-11-5-3-9/h9,11H,1-8H2. The number of amides is 1. The highest BCUT2D eigenvalue weighted by molar-refractivity contribution is 8.00. The van der Waals surface area contributed by atoms with Gasteiger partial charge in [-0.1, -0.05) is 0 Å². The SMILES string of the molecule is O=C(CSC1CCNCC1)N1CCCO1. The molecule has 2 saturated heterocycles. The molecule has 0 unspecified atom stereocenters. The molecule has 86 valence electrons. The van der Waals surface area contributed by atoms with E-state index in [1.807, 2.05) is 0 Å². The maximum atomic E-state index is 11.7. The van der Waals surface area contributed by atoms with E-state index in [1.54, 1.807) is 11.8 Å². The average molecular weight is 230 g/mol. The number of carbonyl (C=O) groups is 1. The van der Waals surface area contributed by atoms with Crippen LogP contribution in [0.3, 0.4) is 0 Å². The van der Waals surface area contributed by atoms with Crippen LogP contribution in [-0.4, -0.2) is 48.2 Å². The molecule has 0 bridgehead atoms. The van der Waals surface area contributed by atoms with E-state index in [4.69, 9.17) is 4.84 Å². The van der Waals surface area contributed by atoms with Crippen molar-refractivity contribution >= 4 is 17.7 Å². The van der Waals surface area contributed by atoms with Crippen molar-refractivity contribution in [2.45, 2.75) is 24.5 Å². The van der Waals surface area contributed by atoms with E-state index in [1.165, 1.54) is 17.9 Å². The second kappa shape index (κ2) is 5.72. The monoisotopic (exact) mass is 230 g/mol. The minimum atomic E-state index is 0.135. The summed E-state index contributed by atoms with van der Waals surface area (Å²) < 4.78 is 0. The van der Waals surface area contributed by atoms with Gasteiger partial charge in [-0.2, -0.15) is 0 Å². The van der Waals surface area contributed by atoms with E-state index in [2.05, 4.69) is 5.32 Å². The van der Waals surface area contributed by atoms with Crippen LogP contribution in [0.4, 0.5) is 0 Å². The highest BCUT2D eigenvalue weighted by Gasteiger charge is 2.21. The number of hydrogen-bond acceptors (Lipinski definition) is 4. The Kier molecular flexibility index (Phi) is 4.29. The zero-order chi connectivity index (χ0) is 10.5. The molecular weight excluding hydrogens is 212 g/mol. The normalized spacial score (nSPS) is 23.3. The predicted molar refractivity (Wildman–Crippen MR) is 60.6 cm³/mol. The largest absolute Gasteiger partial charge is 0.317 e. The van der Waals surface area contributed by atoms with Crippen molar-refractivity contribution < 1.29 is 9.63 Å². The molecule has 0 aromatic carbocycles. The van der Waals surface area contributed by atoms with E-state index in [0.717, 1.165) is 26.1 Å². The molecule has 2 aliphatic rings. The van der Waals surface area contributed by atoms with Gasteiger partial charge in [0.25, 0.3) is 5.91 Å². The molecule has 0 aromatic heterocycles. The fourth-order valence-corrected chi connectivity index (χ4v) is 2.96. The lowest BCUT2D eigenvalue weighted by molar-refractivity contribution is -0.165. The number of piperidine rings is 1. The van der Waals surface area contributed by atoms with E-state index in [0.29, 0.717) is 17.6 Å². The van der Waals surface area contributed by atoms with Crippen LogP contribution in [0.15, 0.2) is 0 Å². The Hall–Kier alpha value is -0.260. The molecule has 2 fully saturated rings. The van der Waals surface area contributed by atoms with Gasteiger partial charge < -0.3 is 5.32 Å². The fourth-order valence-electron chi connectivity index (χ4n) is 1.87. The van der Waals surface area contributed by atoms with Crippen molar-refractivity contribution in [2.75, 3.05) is 32.0 Å². The first-order valence-electron chi connectivity index (χ1n) is 5.62. The zero-order valence-electron chi connectivity index (χ0n) is 8.91. The topological polar surface area (TPSA) is 41.6 Å². The molecule has 0 radical (unpaired) electrons. The van der Waals surface area contributed by atoms with Crippen molar-refractivity contribution in [3.63, 3.8) is 0 Å². The quantitative estimate of drug-likeness (QED) is 0.772. The summed E-state index contributed by atoms with van der Waals surface area (Å²) in [6, 6.07) is 0. The summed E-state index contributed by atoms with van der Waals surface area (Å²) in [5.41, 5.74) is 0. The third kappa shape index (κ3) is 3.36. The molecule has 2 heterocycles. The van der Waals surface area contributed by atoms with Crippen molar-refractivity contribution in [2.24, 2.45) is 0 Å². The van der Waals surface area contributed by atoms with E-state index >= 15 is 0 Å². The number of hydrogen-bond donors (Lipinski definition) is 1. The molecule has 0 saturated carbocycles. The molecule has 15 heavy (non-hydrogen) atoms. The smallest absolute Gasteiger partial charge is 0.256 e. The minimum absolute atomic E-state index is 0.135. The third-order valence-electron chi connectivity index (χ3n) is 2.76. The van der Waals surface area contributed by atoms with Gasteiger partial charge in [0.2, 0.25) is 0 Å². The number of thioether (sulfide) groups is 1. The third-order valence-corrected chi connectivity index (χ3v) is 4.12. The van der Waals surface area contributed by atoms with Gasteiger partial charge in [0.15, 0.2) is 0 Å². The Morgan fingerprint density at radius 1 is 1.47 bits per heavy atom. The van der Waals surface area contributed by atoms with Crippen LogP contribution in [-0.2, 0) is 9.63 Å². The first kappa shape index (κ1) is 11.2. The Morgan fingerprint density at radius 3 is 2.93 bits per heavy atom. The highest BCUT2D eigenvalue weighted by Crippen LogP contribution is 2.21. The molecular formula is C10H18N2O2S. The summed E-state index contributed by atoms with van der Waals surface area (Å²) in [6.07, 6.45) is 3.33. The molecule has 5 heteroatoms. The average Bonchev–Trinajstić information content (AvgIpc) is 2.81. The molecule has 2 aliphatic heterocycles. The van der Waals surface area contributed by atoms with Crippen LogP contribution < -0.4 is 5.32 Å². The highest BCUT2D eigenvalue weighted by atomic mass is 32.2. The molecule has 4 nitrogen and oxygen atoms in total. The number of nitrogens with zero attached hydrogens (tertiary/aromatic N) is 1. The van der Waals surface area contributed by atoms with Crippen LogP contribution in [0.25, 0.3) is 0 Å². The Labute approximate surface area is 94.7 Å². The van der Waals surface area contributed by atoms with Gasteiger partial charge in [-0.05, 0) is 32.4 Å². The van der Waals surface area contributed by atoms with Crippen molar-refractivity contribution in [1.82, 2.24) is 10.4 Å². The fraction of sp³-hybridized carbons (Fsp3) is 0.900. The van der Waals surface area contributed by atoms with Gasteiger partial charge in [0, 0.05) is 5.25 Å². The minimum Gasteiger partial charge on any atom is -0.317 e. The molecule has 0 spiro atoms. The summed E-state index contributed by atoms with van der Waals surface area (Å²) in [5.74, 6) is 0.709. The number of rotatable bonds is 3. The summed E-state index contributed by atoms with van der Waals surface area (Å²) in [6.45, 7) is 3.65. The van der Waals surface area contributed by atoms with Gasteiger partial charge in [-0.15, -0.1) is 11.8 Å². The van der Waals surface area contributed by atoms with Crippen LogP contribution in [0.2, 0.25) is 0 Å². The van der Waals surface area contributed by atoms with Crippen LogP contribution in [0, 0.1) is 0 Å². The van der Waals surface area contributed by atoms with Crippen molar-refractivity contribution in [3.05, 3.63) is 0 Å². The summed E-state index contributed by atoms with van der Waals surface area (Å²) in [5, 5.41) is 5.50. The first-order valence-corrected chi connectivity index (χ1v) is 6.67. The van der Waals surface area contributed by atoms with Gasteiger partial charge in [0.05, 0.1) is 18.9 Å². The second-order valence-corrected chi connectivity index (χ2v) is 5.23. The van der Waals surface area contributed by atoms with Crippen LogP contribution >= 0.6 is 11.8 Å². The molecule has 1 amide bonds. The van der Waals surface area contributed by atoms with E-state index < -0.39 is 0 Å². The number of hydroxylamine groups is 2. The maximum Gasteiger partial charge on any atom is 0.256 e. The van der Waals surface area contributed by atoms with Gasteiger partial charge >= 0.3 is 0 Å². The lowest BCUT2D eigenvalue weighted by Gasteiger charge is -2.22. The zero-order valence-corrected chi connectivity index (χ0v) is 9.72. The molecule has 0 atom stereocenters. The molecule has 2 rings (SSSR count). The lowest BCUT2D eigenvalue weighted by atomic mass is 10.2. The number of nitrogens with one attached hydrogen (secondary N) is 1. The maximum absolute atomic E-state index is 11.7. The molecule has 0 aliphatic carbocycles. The first-order chi connectivity index (χ1) is 7.36. The van der Waals surface area contributed by atoms with E-state index in [9.17, 15) is 4.79 Å². The van der Waals surface area contributed by atoms with Crippen molar-refractivity contribution in [3.8, 4) is 0 Å². The Balaban J connectivity index is 1.65. The van der Waals surface area contributed by atoms with Gasteiger partial charge in [-0.25, -0.2) is 5.06 Å². The predicted octanol–water partition coefficient (Wildman–Crippen LogP) is 0.636. The molecule has 1 N–H and O–H groups in total. The summed E-state index contributed by atoms with van der Waals surface area (Å²) in [4.78, 5) is 16.9. The van der Waals surface area contributed by atoms with Crippen LogP contribution in [0.1, 0.15) is 19.3 Å². The number of carbonyl (C=O) groups excluding carboxylic acids is 1. The second-order valence-electron chi connectivity index (χ2n) is 3.94. The van der Waals surface area contributed by atoms with Crippen molar-refractivity contribution in [1.29, 1.82) is 0 Å². The Morgan fingerprint density at radius 2 is 2.27 bits per heavy atom. The van der Waals surface area contributed by atoms with Gasteiger partial charge in [-0.3, -0.25) is 9.63 Å². The summed E-state index contributed by atoms with van der Waals surface area (Å²) in [7, 11) is 0. The van der Waals surface area contributed by atoms with Crippen LogP contribution in [0.5, 0.6) is 0 Å². The van der Waals surface area contributed by atoms with Gasteiger partial charge in [0.1, 0.15) is 0 Å².